The molecule has 0 radical (unpaired) electrons. The fraction of sp³-hybridized carbons (Fsp3) is 0.909. The van der Waals surface area contributed by atoms with E-state index < -0.39 is 0 Å². The van der Waals surface area contributed by atoms with E-state index in [0.717, 1.165) is 38.5 Å². The van der Waals surface area contributed by atoms with Crippen molar-refractivity contribution in [3.8, 4) is 0 Å². The average Bonchev–Trinajstić information content (AvgIpc) is 2.92. The molecule has 2 unspecified atom stereocenters. The molecule has 0 aromatic carbocycles. The van der Waals surface area contributed by atoms with Gasteiger partial charge in [0.25, 0.3) is 0 Å². The SMILES string of the molecule is O=C(C1CC1)N1C2CCC1CC(O)C2. The van der Waals surface area contributed by atoms with Gasteiger partial charge in [0.1, 0.15) is 0 Å². The van der Waals surface area contributed by atoms with Gasteiger partial charge in [0, 0.05) is 18.0 Å². The number of hydrogen-bond acceptors (Lipinski definition) is 2. The molecule has 3 rings (SSSR count). The molecule has 1 N–H and O–H groups in total. The van der Waals surface area contributed by atoms with Crippen LogP contribution in [0.1, 0.15) is 38.5 Å². The molecular formula is C11H17NO2. The molecule has 3 nitrogen and oxygen atoms in total. The van der Waals surface area contributed by atoms with Crippen LogP contribution in [0.3, 0.4) is 0 Å². The summed E-state index contributed by atoms with van der Waals surface area (Å²) in [5, 5.41) is 9.61. The lowest BCUT2D eigenvalue weighted by Crippen LogP contribution is -2.48. The van der Waals surface area contributed by atoms with Gasteiger partial charge in [0.05, 0.1) is 6.10 Å². The van der Waals surface area contributed by atoms with Crippen LogP contribution < -0.4 is 0 Å². The van der Waals surface area contributed by atoms with Crippen molar-refractivity contribution in [3.63, 3.8) is 0 Å². The molecule has 3 heteroatoms. The molecule has 2 saturated heterocycles. The Balaban J connectivity index is 1.77. The third kappa shape index (κ3) is 1.26. The number of carbonyl (C=O) groups excluding carboxylic acids is 1. The lowest BCUT2D eigenvalue weighted by atomic mass is 9.99. The summed E-state index contributed by atoms with van der Waals surface area (Å²) < 4.78 is 0. The van der Waals surface area contributed by atoms with Gasteiger partial charge in [-0.25, -0.2) is 0 Å². The highest BCUT2D eigenvalue weighted by molar-refractivity contribution is 5.82. The summed E-state index contributed by atoms with van der Waals surface area (Å²) in [6, 6.07) is 0.716. The zero-order chi connectivity index (χ0) is 9.71. The van der Waals surface area contributed by atoms with Crippen LogP contribution >= 0.6 is 0 Å². The van der Waals surface area contributed by atoms with Gasteiger partial charge in [-0.1, -0.05) is 0 Å². The Hall–Kier alpha value is -0.570. The molecule has 14 heavy (non-hydrogen) atoms. The van der Waals surface area contributed by atoms with Crippen LogP contribution in [-0.4, -0.2) is 34.1 Å². The number of rotatable bonds is 1. The Morgan fingerprint density at radius 2 is 1.64 bits per heavy atom. The zero-order valence-electron chi connectivity index (χ0n) is 8.35. The Kier molecular flexibility index (Phi) is 1.84. The molecule has 2 aliphatic heterocycles. The smallest absolute Gasteiger partial charge is 0.226 e. The lowest BCUT2D eigenvalue weighted by molar-refractivity contribution is -0.138. The van der Waals surface area contributed by atoms with E-state index in [4.69, 9.17) is 0 Å². The number of amides is 1. The Morgan fingerprint density at radius 3 is 2.14 bits per heavy atom. The maximum atomic E-state index is 12.0. The standard InChI is InChI=1S/C11H17NO2/c13-10-5-8-3-4-9(6-10)12(8)11(14)7-1-2-7/h7-10,13H,1-6H2. The first-order valence-electron chi connectivity index (χ1n) is 5.76. The van der Waals surface area contributed by atoms with Crippen LogP contribution in [0.5, 0.6) is 0 Å². The topological polar surface area (TPSA) is 40.5 Å². The van der Waals surface area contributed by atoms with Gasteiger partial charge in [-0.15, -0.1) is 0 Å². The van der Waals surface area contributed by atoms with Gasteiger partial charge in [0.2, 0.25) is 5.91 Å². The molecule has 2 bridgehead atoms. The van der Waals surface area contributed by atoms with Crippen molar-refractivity contribution >= 4 is 5.91 Å². The van der Waals surface area contributed by atoms with Gasteiger partial charge in [-0.3, -0.25) is 4.79 Å². The van der Waals surface area contributed by atoms with Gasteiger partial charge < -0.3 is 10.0 Å². The molecule has 2 heterocycles. The van der Waals surface area contributed by atoms with Crippen molar-refractivity contribution in [3.05, 3.63) is 0 Å². The minimum absolute atomic E-state index is 0.157. The first-order chi connectivity index (χ1) is 6.75. The lowest BCUT2D eigenvalue weighted by Gasteiger charge is -2.37. The van der Waals surface area contributed by atoms with E-state index in [9.17, 15) is 9.90 Å². The molecule has 0 aromatic heterocycles. The number of fused-ring (bicyclic) bond motifs is 2. The van der Waals surface area contributed by atoms with Crippen LogP contribution in [0.2, 0.25) is 0 Å². The number of nitrogens with zero attached hydrogens (tertiary/aromatic N) is 1. The normalized spacial score (nSPS) is 41.5. The Labute approximate surface area is 84.1 Å². The molecule has 2 atom stereocenters. The van der Waals surface area contributed by atoms with E-state index in [1.807, 2.05) is 0 Å². The van der Waals surface area contributed by atoms with Crippen LogP contribution in [0.4, 0.5) is 0 Å². The number of carbonyl (C=O) groups is 1. The largest absolute Gasteiger partial charge is 0.393 e. The van der Waals surface area contributed by atoms with Gasteiger partial charge in [-0.2, -0.15) is 0 Å². The van der Waals surface area contributed by atoms with Crippen molar-refractivity contribution < 1.29 is 9.90 Å². The zero-order valence-corrected chi connectivity index (χ0v) is 8.35. The highest BCUT2D eigenvalue weighted by Crippen LogP contribution is 2.40. The third-order valence-electron chi connectivity index (χ3n) is 3.89. The van der Waals surface area contributed by atoms with Crippen molar-refractivity contribution in [2.24, 2.45) is 5.92 Å². The summed E-state index contributed by atoms with van der Waals surface area (Å²) in [4.78, 5) is 14.1. The van der Waals surface area contributed by atoms with Crippen LogP contribution in [0.15, 0.2) is 0 Å². The minimum atomic E-state index is -0.157. The third-order valence-corrected chi connectivity index (χ3v) is 3.89. The first-order valence-corrected chi connectivity index (χ1v) is 5.76. The van der Waals surface area contributed by atoms with Gasteiger partial charge in [0.15, 0.2) is 0 Å². The maximum absolute atomic E-state index is 12.0. The molecule has 3 fully saturated rings. The molecule has 1 amide bonds. The Morgan fingerprint density at radius 1 is 1.07 bits per heavy atom. The average molecular weight is 195 g/mol. The van der Waals surface area contributed by atoms with E-state index in [2.05, 4.69) is 4.90 Å². The molecule has 0 aromatic rings. The fourth-order valence-corrected chi connectivity index (χ4v) is 3.05. The maximum Gasteiger partial charge on any atom is 0.226 e. The van der Waals surface area contributed by atoms with E-state index in [1.165, 1.54) is 0 Å². The number of hydrogen-bond donors (Lipinski definition) is 1. The molecule has 78 valence electrons. The predicted molar refractivity (Wildman–Crippen MR) is 51.6 cm³/mol. The number of aliphatic hydroxyl groups is 1. The van der Waals surface area contributed by atoms with E-state index >= 15 is 0 Å². The van der Waals surface area contributed by atoms with Crippen LogP contribution in [0, 0.1) is 5.92 Å². The fourth-order valence-electron chi connectivity index (χ4n) is 3.05. The summed E-state index contributed by atoms with van der Waals surface area (Å²) in [6.07, 6.45) is 5.88. The molecular weight excluding hydrogens is 178 g/mol. The summed E-state index contributed by atoms with van der Waals surface area (Å²) in [5.74, 6) is 0.720. The van der Waals surface area contributed by atoms with E-state index in [0.29, 0.717) is 23.9 Å². The molecule has 0 spiro atoms. The van der Waals surface area contributed by atoms with Gasteiger partial charge in [-0.05, 0) is 38.5 Å². The highest BCUT2D eigenvalue weighted by atomic mass is 16.3. The first kappa shape index (κ1) is 8.72. The monoisotopic (exact) mass is 195 g/mol. The molecule has 1 saturated carbocycles. The second-order valence-corrected chi connectivity index (χ2v) is 5.03. The van der Waals surface area contributed by atoms with Crippen molar-refractivity contribution in [1.29, 1.82) is 0 Å². The van der Waals surface area contributed by atoms with Crippen molar-refractivity contribution in [2.75, 3.05) is 0 Å². The van der Waals surface area contributed by atoms with Gasteiger partial charge >= 0.3 is 0 Å². The number of piperidine rings is 1. The van der Waals surface area contributed by atoms with E-state index in [-0.39, 0.29) is 6.10 Å². The quantitative estimate of drug-likeness (QED) is 0.675. The number of aliphatic hydroxyl groups excluding tert-OH is 1. The Bertz CT molecular complexity index is 248. The second-order valence-electron chi connectivity index (χ2n) is 5.03. The van der Waals surface area contributed by atoms with Crippen LogP contribution in [0.25, 0.3) is 0 Å². The molecule has 1 aliphatic carbocycles. The summed E-state index contributed by atoms with van der Waals surface area (Å²) in [6.45, 7) is 0. The minimum Gasteiger partial charge on any atom is -0.393 e. The van der Waals surface area contributed by atoms with Crippen LogP contribution in [-0.2, 0) is 4.79 Å². The second kappa shape index (κ2) is 2.96. The predicted octanol–water partition coefficient (Wildman–Crippen LogP) is 0.911. The van der Waals surface area contributed by atoms with E-state index in [1.54, 1.807) is 0 Å². The summed E-state index contributed by atoms with van der Waals surface area (Å²) in [7, 11) is 0. The highest BCUT2D eigenvalue weighted by Gasteiger charge is 2.46. The summed E-state index contributed by atoms with van der Waals surface area (Å²) >= 11 is 0. The van der Waals surface area contributed by atoms with Crippen molar-refractivity contribution in [2.45, 2.75) is 56.7 Å². The molecule has 3 aliphatic rings. The van der Waals surface area contributed by atoms with Crippen molar-refractivity contribution in [1.82, 2.24) is 4.90 Å². The summed E-state index contributed by atoms with van der Waals surface area (Å²) in [5.41, 5.74) is 0.